The molecule has 0 unspecified atom stereocenters. The molecule has 0 saturated heterocycles. The summed E-state index contributed by atoms with van der Waals surface area (Å²) in [5, 5.41) is 17.7. The molecule has 1 aliphatic carbocycles. The van der Waals surface area contributed by atoms with E-state index < -0.39 is 0 Å². The van der Waals surface area contributed by atoms with Crippen molar-refractivity contribution in [1.82, 2.24) is 15.1 Å². The fourth-order valence-electron chi connectivity index (χ4n) is 2.79. The average molecular weight is 299 g/mol. The quantitative estimate of drug-likeness (QED) is 0.826. The fourth-order valence-corrected chi connectivity index (χ4v) is 2.79. The zero-order valence-electron chi connectivity index (χ0n) is 13.4. The molecule has 0 bridgehead atoms. The van der Waals surface area contributed by atoms with Crippen LogP contribution in [0.3, 0.4) is 0 Å². The van der Waals surface area contributed by atoms with Crippen molar-refractivity contribution >= 4 is 0 Å². The van der Waals surface area contributed by atoms with Gasteiger partial charge in [0, 0.05) is 36.9 Å². The number of hydrogen-bond donors (Lipinski definition) is 2. The Kier molecular flexibility index (Phi) is 4.32. The summed E-state index contributed by atoms with van der Waals surface area (Å²) < 4.78 is 1.96. The number of para-hydroxylation sites is 1. The summed E-state index contributed by atoms with van der Waals surface area (Å²) in [4.78, 5) is 0. The first-order chi connectivity index (χ1) is 10.6. The van der Waals surface area contributed by atoms with E-state index in [1.54, 1.807) is 0 Å². The lowest BCUT2D eigenvalue weighted by Crippen LogP contribution is -2.26. The molecule has 1 aromatic carbocycles. The molecule has 3 rings (SSSR count). The van der Waals surface area contributed by atoms with E-state index in [0.717, 1.165) is 37.3 Å². The molecule has 22 heavy (non-hydrogen) atoms. The first-order valence-corrected chi connectivity index (χ1v) is 8.09. The third kappa shape index (κ3) is 3.23. The van der Waals surface area contributed by atoms with Crippen LogP contribution in [0.25, 0.3) is 5.69 Å². The maximum atomic E-state index is 9.39. The van der Waals surface area contributed by atoms with Gasteiger partial charge >= 0.3 is 0 Å². The maximum Gasteiger partial charge on any atom is 0.0699 e. The third-order valence-corrected chi connectivity index (χ3v) is 4.50. The summed E-state index contributed by atoms with van der Waals surface area (Å²) in [5.74, 6) is 0.398. The van der Waals surface area contributed by atoms with E-state index in [4.69, 9.17) is 5.10 Å². The van der Waals surface area contributed by atoms with Crippen LogP contribution in [0.1, 0.15) is 43.9 Å². The molecule has 0 radical (unpaired) electrons. The number of benzene rings is 1. The summed E-state index contributed by atoms with van der Waals surface area (Å²) in [6.07, 6.45) is 4.39. The maximum absolute atomic E-state index is 9.39. The van der Waals surface area contributed by atoms with Crippen LogP contribution in [-0.4, -0.2) is 28.0 Å². The van der Waals surface area contributed by atoms with E-state index in [-0.39, 0.29) is 5.41 Å². The summed E-state index contributed by atoms with van der Waals surface area (Å²) in [6, 6.07) is 10.2. The Labute approximate surface area is 132 Å². The van der Waals surface area contributed by atoms with Crippen molar-refractivity contribution in [3.63, 3.8) is 0 Å². The van der Waals surface area contributed by atoms with E-state index in [1.807, 2.05) is 22.9 Å². The van der Waals surface area contributed by atoms with Crippen molar-refractivity contribution in [2.45, 2.75) is 39.2 Å². The minimum Gasteiger partial charge on any atom is -0.396 e. The number of aliphatic hydroxyl groups excluding tert-OH is 1. The average Bonchev–Trinajstić information content (AvgIpc) is 3.18. The second-order valence-electron chi connectivity index (χ2n) is 6.74. The smallest absolute Gasteiger partial charge is 0.0699 e. The minimum absolute atomic E-state index is 0.146. The molecule has 1 saturated carbocycles. The molecule has 0 amide bonds. The standard InChI is InChI=1S/C18H25N3O/c1-14(2)17-15(10-19-12-18(13-22)8-9-18)11-21(20-17)16-6-4-3-5-7-16/h3-7,11,14,19,22H,8-10,12-13H2,1-2H3. The van der Waals surface area contributed by atoms with Crippen LogP contribution in [0.15, 0.2) is 36.5 Å². The monoisotopic (exact) mass is 299 g/mol. The Morgan fingerprint density at radius 2 is 2.00 bits per heavy atom. The number of rotatable bonds is 7. The van der Waals surface area contributed by atoms with Gasteiger partial charge in [0.15, 0.2) is 0 Å². The Bertz CT molecular complexity index is 615. The van der Waals surface area contributed by atoms with Gasteiger partial charge in [-0.3, -0.25) is 0 Å². The van der Waals surface area contributed by atoms with Gasteiger partial charge in [0.1, 0.15) is 0 Å². The summed E-state index contributed by atoms with van der Waals surface area (Å²) >= 11 is 0. The minimum atomic E-state index is 0.146. The zero-order chi connectivity index (χ0) is 15.6. The van der Waals surface area contributed by atoms with Crippen LogP contribution in [0.5, 0.6) is 0 Å². The molecular formula is C18H25N3O. The molecule has 4 heteroatoms. The first-order valence-electron chi connectivity index (χ1n) is 8.09. The molecular weight excluding hydrogens is 274 g/mol. The molecule has 1 heterocycles. The first kappa shape index (κ1) is 15.3. The van der Waals surface area contributed by atoms with Gasteiger partial charge in [-0.1, -0.05) is 32.0 Å². The highest BCUT2D eigenvalue weighted by Gasteiger charge is 2.41. The van der Waals surface area contributed by atoms with Gasteiger partial charge in [0.2, 0.25) is 0 Å². The van der Waals surface area contributed by atoms with Crippen molar-refractivity contribution in [2.75, 3.05) is 13.2 Å². The van der Waals surface area contributed by atoms with Crippen LogP contribution in [0.4, 0.5) is 0 Å². The van der Waals surface area contributed by atoms with E-state index in [1.165, 1.54) is 5.56 Å². The summed E-state index contributed by atoms with van der Waals surface area (Å²) in [5.41, 5.74) is 3.62. The number of nitrogens with one attached hydrogen (secondary N) is 1. The molecule has 1 aliphatic rings. The van der Waals surface area contributed by atoms with Crippen molar-refractivity contribution in [1.29, 1.82) is 0 Å². The molecule has 118 valence electrons. The summed E-state index contributed by atoms with van der Waals surface area (Å²) in [7, 11) is 0. The van der Waals surface area contributed by atoms with Crippen LogP contribution < -0.4 is 5.32 Å². The molecule has 1 aromatic heterocycles. The lowest BCUT2D eigenvalue weighted by Gasteiger charge is -2.13. The zero-order valence-corrected chi connectivity index (χ0v) is 13.4. The second-order valence-corrected chi connectivity index (χ2v) is 6.74. The van der Waals surface area contributed by atoms with Gasteiger partial charge < -0.3 is 10.4 Å². The lowest BCUT2D eigenvalue weighted by atomic mass is 10.1. The van der Waals surface area contributed by atoms with E-state index in [9.17, 15) is 5.11 Å². The normalized spacial score (nSPS) is 16.2. The highest BCUT2D eigenvalue weighted by molar-refractivity contribution is 5.33. The van der Waals surface area contributed by atoms with Crippen LogP contribution >= 0.6 is 0 Å². The molecule has 4 nitrogen and oxygen atoms in total. The fraction of sp³-hybridized carbons (Fsp3) is 0.500. The molecule has 0 aliphatic heterocycles. The van der Waals surface area contributed by atoms with Gasteiger partial charge in [-0.15, -0.1) is 0 Å². The predicted octanol–water partition coefficient (Wildman–Crippen LogP) is 2.86. The second kappa shape index (κ2) is 6.23. The van der Waals surface area contributed by atoms with Gasteiger partial charge in [0.25, 0.3) is 0 Å². The molecule has 2 aromatic rings. The summed E-state index contributed by atoms with van der Waals surface area (Å²) in [6.45, 7) is 6.34. The van der Waals surface area contributed by atoms with Gasteiger partial charge in [0.05, 0.1) is 11.4 Å². The van der Waals surface area contributed by atoms with Gasteiger partial charge in [-0.2, -0.15) is 5.10 Å². The molecule has 1 fully saturated rings. The van der Waals surface area contributed by atoms with E-state index >= 15 is 0 Å². The van der Waals surface area contributed by atoms with Crippen molar-refractivity contribution < 1.29 is 5.11 Å². The Hall–Kier alpha value is -1.65. The van der Waals surface area contributed by atoms with Crippen LogP contribution in [-0.2, 0) is 6.54 Å². The molecule has 0 spiro atoms. The third-order valence-electron chi connectivity index (χ3n) is 4.50. The Morgan fingerprint density at radius 3 is 2.59 bits per heavy atom. The number of hydrogen-bond acceptors (Lipinski definition) is 3. The lowest BCUT2D eigenvalue weighted by molar-refractivity contribution is 0.207. The highest BCUT2D eigenvalue weighted by atomic mass is 16.3. The number of aromatic nitrogens is 2. The SMILES string of the molecule is CC(C)c1nn(-c2ccccc2)cc1CNCC1(CO)CC1. The molecule has 2 N–H and O–H groups in total. The van der Waals surface area contributed by atoms with E-state index in [2.05, 4.69) is 37.5 Å². The highest BCUT2D eigenvalue weighted by Crippen LogP contribution is 2.44. The topological polar surface area (TPSA) is 50.1 Å². The Balaban J connectivity index is 1.73. The van der Waals surface area contributed by atoms with E-state index in [0.29, 0.717) is 12.5 Å². The number of aliphatic hydroxyl groups is 1. The molecule has 0 atom stereocenters. The number of nitrogens with zero attached hydrogens (tertiary/aromatic N) is 2. The largest absolute Gasteiger partial charge is 0.396 e. The Morgan fingerprint density at radius 1 is 1.27 bits per heavy atom. The van der Waals surface area contributed by atoms with Gasteiger partial charge in [-0.25, -0.2) is 4.68 Å². The predicted molar refractivity (Wildman–Crippen MR) is 88.1 cm³/mol. The van der Waals surface area contributed by atoms with Crippen molar-refractivity contribution in [3.8, 4) is 5.69 Å². The van der Waals surface area contributed by atoms with Gasteiger partial charge in [-0.05, 0) is 30.9 Å². The van der Waals surface area contributed by atoms with Crippen molar-refractivity contribution in [2.24, 2.45) is 5.41 Å². The van der Waals surface area contributed by atoms with Crippen LogP contribution in [0, 0.1) is 5.41 Å². The van der Waals surface area contributed by atoms with Crippen molar-refractivity contribution in [3.05, 3.63) is 47.8 Å². The van der Waals surface area contributed by atoms with Crippen LogP contribution in [0.2, 0.25) is 0 Å².